The van der Waals surface area contributed by atoms with Gasteiger partial charge >= 0.3 is 0 Å². The molecule has 1 saturated heterocycles. The molecule has 1 fully saturated rings. The first-order chi connectivity index (χ1) is 9.89. The van der Waals surface area contributed by atoms with E-state index in [1.807, 2.05) is 26.0 Å². The van der Waals surface area contributed by atoms with Gasteiger partial charge in [-0.1, -0.05) is 0 Å². The molecule has 1 heterocycles. The van der Waals surface area contributed by atoms with Crippen LogP contribution >= 0.6 is 0 Å². The molecule has 0 bridgehead atoms. The summed E-state index contributed by atoms with van der Waals surface area (Å²) in [4.78, 5) is 11.1. The Balaban J connectivity index is 2.09. The number of anilines is 2. The number of benzene rings is 1. The zero-order valence-electron chi connectivity index (χ0n) is 12.9. The second-order valence-electron chi connectivity index (χ2n) is 5.46. The Morgan fingerprint density at radius 3 is 2.57 bits per heavy atom. The average molecular weight is 294 g/mol. The van der Waals surface area contributed by atoms with Crippen LogP contribution in [0.15, 0.2) is 18.2 Å². The molecule has 1 aromatic rings. The van der Waals surface area contributed by atoms with Gasteiger partial charge in [-0.25, -0.2) is 0 Å². The van der Waals surface area contributed by atoms with Crippen molar-refractivity contribution in [1.29, 1.82) is 0 Å². The number of rotatable bonds is 4. The Hall–Kier alpha value is -1.79. The molecule has 0 radical (unpaired) electrons. The van der Waals surface area contributed by atoms with E-state index in [1.54, 1.807) is 13.2 Å². The first-order valence-electron chi connectivity index (χ1n) is 6.90. The Kier molecular flexibility index (Phi) is 4.69. The third-order valence-electron chi connectivity index (χ3n) is 3.14. The molecule has 6 nitrogen and oxygen atoms in total. The SMILES string of the molecule is COc1ccc(NC(C)=O)cc1NC1COC(C)(C)OC1. The maximum absolute atomic E-state index is 11.1. The fourth-order valence-electron chi connectivity index (χ4n) is 2.10. The van der Waals surface area contributed by atoms with E-state index in [1.165, 1.54) is 6.92 Å². The largest absolute Gasteiger partial charge is 0.495 e. The summed E-state index contributed by atoms with van der Waals surface area (Å²) in [6, 6.07) is 5.46. The maximum atomic E-state index is 11.1. The molecule has 0 saturated carbocycles. The zero-order valence-corrected chi connectivity index (χ0v) is 12.9. The van der Waals surface area contributed by atoms with E-state index < -0.39 is 5.79 Å². The van der Waals surface area contributed by atoms with Gasteiger partial charge in [-0.3, -0.25) is 4.79 Å². The van der Waals surface area contributed by atoms with Crippen LogP contribution in [0.25, 0.3) is 0 Å². The first-order valence-corrected chi connectivity index (χ1v) is 6.90. The van der Waals surface area contributed by atoms with Gasteiger partial charge in [-0.2, -0.15) is 0 Å². The lowest BCUT2D eigenvalue weighted by molar-refractivity contribution is -0.247. The molecule has 1 aromatic carbocycles. The lowest BCUT2D eigenvalue weighted by Gasteiger charge is -2.35. The standard InChI is InChI=1S/C15H22N2O4/c1-10(18)16-11-5-6-14(19-4)13(7-11)17-12-8-20-15(2,3)21-9-12/h5-7,12,17H,8-9H2,1-4H3,(H,16,18). The minimum Gasteiger partial charge on any atom is -0.495 e. The molecule has 116 valence electrons. The number of carbonyl (C=O) groups excluding carboxylic acids is 1. The van der Waals surface area contributed by atoms with Crippen molar-refractivity contribution >= 4 is 17.3 Å². The van der Waals surface area contributed by atoms with Crippen molar-refractivity contribution in [3.63, 3.8) is 0 Å². The molecule has 2 rings (SSSR count). The third-order valence-corrected chi connectivity index (χ3v) is 3.14. The minimum atomic E-state index is -0.541. The van der Waals surface area contributed by atoms with E-state index in [9.17, 15) is 4.79 Å². The average Bonchev–Trinajstić information content (AvgIpc) is 2.41. The summed E-state index contributed by atoms with van der Waals surface area (Å²) < 4.78 is 16.6. The molecule has 0 atom stereocenters. The van der Waals surface area contributed by atoms with Crippen molar-refractivity contribution in [2.45, 2.75) is 32.6 Å². The van der Waals surface area contributed by atoms with Crippen LogP contribution in [0.1, 0.15) is 20.8 Å². The van der Waals surface area contributed by atoms with E-state index in [-0.39, 0.29) is 11.9 Å². The molecule has 0 aliphatic carbocycles. The van der Waals surface area contributed by atoms with Gasteiger partial charge in [0.1, 0.15) is 5.75 Å². The van der Waals surface area contributed by atoms with Crippen molar-refractivity contribution in [2.75, 3.05) is 31.0 Å². The van der Waals surface area contributed by atoms with Gasteiger partial charge in [0.2, 0.25) is 5.91 Å². The van der Waals surface area contributed by atoms with E-state index >= 15 is 0 Å². The van der Waals surface area contributed by atoms with Crippen LogP contribution in [-0.2, 0) is 14.3 Å². The summed E-state index contributed by atoms with van der Waals surface area (Å²) in [6.45, 7) is 6.34. The van der Waals surface area contributed by atoms with E-state index in [2.05, 4.69) is 10.6 Å². The van der Waals surface area contributed by atoms with Crippen LogP contribution in [0.4, 0.5) is 11.4 Å². The van der Waals surface area contributed by atoms with Crippen LogP contribution in [0, 0.1) is 0 Å². The molecular weight excluding hydrogens is 272 g/mol. The molecule has 6 heteroatoms. The summed E-state index contributed by atoms with van der Waals surface area (Å²) in [5.74, 6) is 0.0476. The van der Waals surface area contributed by atoms with Crippen molar-refractivity contribution in [2.24, 2.45) is 0 Å². The molecule has 1 aliphatic rings. The number of ether oxygens (including phenoxy) is 3. The fraction of sp³-hybridized carbons (Fsp3) is 0.533. The highest BCUT2D eigenvalue weighted by molar-refractivity contribution is 5.89. The number of nitrogens with one attached hydrogen (secondary N) is 2. The number of hydrogen-bond acceptors (Lipinski definition) is 5. The van der Waals surface area contributed by atoms with E-state index in [4.69, 9.17) is 14.2 Å². The van der Waals surface area contributed by atoms with Gasteiger partial charge in [-0.05, 0) is 32.0 Å². The van der Waals surface area contributed by atoms with Gasteiger partial charge < -0.3 is 24.8 Å². The summed E-state index contributed by atoms with van der Waals surface area (Å²) in [7, 11) is 1.61. The smallest absolute Gasteiger partial charge is 0.221 e. The number of methoxy groups -OCH3 is 1. The highest BCUT2D eigenvalue weighted by Crippen LogP contribution is 2.29. The van der Waals surface area contributed by atoms with Gasteiger partial charge in [0, 0.05) is 12.6 Å². The summed E-state index contributed by atoms with van der Waals surface area (Å²) in [6.07, 6.45) is 0. The second-order valence-corrected chi connectivity index (χ2v) is 5.46. The first kappa shape index (κ1) is 15.6. The van der Waals surface area contributed by atoms with Crippen LogP contribution in [-0.4, -0.2) is 38.1 Å². The highest BCUT2D eigenvalue weighted by Gasteiger charge is 2.28. The minimum absolute atomic E-state index is 0.0273. The van der Waals surface area contributed by atoms with Crippen molar-refractivity contribution < 1.29 is 19.0 Å². The third kappa shape index (κ3) is 4.34. The van der Waals surface area contributed by atoms with Gasteiger partial charge in [0.25, 0.3) is 0 Å². The van der Waals surface area contributed by atoms with Crippen LogP contribution in [0.3, 0.4) is 0 Å². The van der Waals surface area contributed by atoms with Crippen LogP contribution < -0.4 is 15.4 Å². The van der Waals surface area contributed by atoms with Crippen LogP contribution in [0.2, 0.25) is 0 Å². The topological polar surface area (TPSA) is 68.8 Å². The van der Waals surface area contributed by atoms with E-state index in [0.29, 0.717) is 24.7 Å². The lowest BCUT2D eigenvalue weighted by Crippen LogP contribution is -2.45. The van der Waals surface area contributed by atoms with Gasteiger partial charge in [-0.15, -0.1) is 0 Å². The van der Waals surface area contributed by atoms with Crippen molar-refractivity contribution in [1.82, 2.24) is 0 Å². The predicted octanol–water partition coefficient (Wildman–Crippen LogP) is 2.22. The molecule has 2 N–H and O–H groups in total. The molecule has 21 heavy (non-hydrogen) atoms. The van der Waals surface area contributed by atoms with Gasteiger partial charge in [0.05, 0.1) is 32.1 Å². The Bertz CT molecular complexity index is 506. The van der Waals surface area contributed by atoms with Crippen molar-refractivity contribution in [3.8, 4) is 5.75 Å². The Morgan fingerprint density at radius 1 is 1.33 bits per heavy atom. The Morgan fingerprint density at radius 2 is 2.00 bits per heavy atom. The molecule has 0 spiro atoms. The predicted molar refractivity (Wildman–Crippen MR) is 80.7 cm³/mol. The quantitative estimate of drug-likeness (QED) is 0.891. The maximum Gasteiger partial charge on any atom is 0.221 e. The number of amides is 1. The Labute approximate surface area is 124 Å². The number of carbonyl (C=O) groups is 1. The van der Waals surface area contributed by atoms with Gasteiger partial charge in [0.15, 0.2) is 5.79 Å². The zero-order chi connectivity index (χ0) is 15.5. The monoisotopic (exact) mass is 294 g/mol. The van der Waals surface area contributed by atoms with E-state index in [0.717, 1.165) is 5.69 Å². The lowest BCUT2D eigenvalue weighted by atomic mass is 10.2. The van der Waals surface area contributed by atoms with Crippen LogP contribution in [0.5, 0.6) is 5.75 Å². The fourth-order valence-corrected chi connectivity index (χ4v) is 2.10. The molecular formula is C15H22N2O4. The summed E-state index contributed by atoms with van der Waals surface area (Å²) in [5, 5.41) is 6.08. The molecule has 0 aromatic heterocycles. The van der Waals surface area contributed by atoms with Crippen molar-refractivity contribution in [3.05, 3.63) is 18.2 Å². The highest BCUT2D eigenvalue weighted by atomic mass is 16.7. The molecule has 1 aliphatic heterocycles. The molecule has 1 amide bonds. The summed E-state index contributed by atoms with van der Waals surface area (Å²) >= 11 is 0. The summed E-state index contributed by atoms with van der Waals surface area (Å²) in [5.41, 5.74) is 1.50. The molecule has 0 unspecified atom stereocenters. The number of hydrogen-bond donors (Lipinski definition) is 2. The second kappa shape index (κ2) is 6.32. The normalized spacial score (nSPS) is 18.1.